The molecule has 0 saturated heterocycles. The fourth-order valence-corrected chi connectivity index (χ4v) is 2.45. The molecule has 0 aromatic heterocycles. The van der Waals surface area contributed by atoms with Gasteiger partial charge in [-0.25, -0.2) is 4.39 Å². The van der Waals surface area contributed by atoms with Crippen LogP contribution in [0.4, 0.5) is 4.39 Å². The summed E-state index contributed by atoms with van der Waals surface area (Å²) in [5.74, 6) is -0.352. The minimum absolute atomic E-state index is 0.175. The van der Waals surface area contributed by atoms with Gasteiger partial charge in [-0.3, -0.25) is 0 Å². The average molecular weight is 292 g/mol. The molecule has 3 heteroatoms. The van der Waals surface area contributed by atoms with Crippen LogP contribution in [-0.4, -0.2) is 13.1 Å². The van der Waals surface area contributed by atoms with Crippen LogP contribution in [0.2, 0.25) is 5.02 Å². The zero-order chi connectivity index (χ0) is 14.5. The van der Waals surface area contributed by atoms with E-state index in [-0.39, 0.29) is 16.9 Å². The molecule has 0 aliphatic carbocycles. The first-order valence-corrected chi connectivity index (χ1v) is 7.13. The van der Waals surface area contributed by atoms with Gasteiger partial charge in [0.25, 0.3) is 0 Å². The van der Waals surface area contributed by atoms with Gasteiger partial charge in [-0.2, -0.15) is 0 Å². The van der Waals surface area contributed by atoms with E-state index in [2.05, 4.69) is 30.4 Å². The van der Waals surface area contributed by atoms with Crippen LogP contribution in [-0.2, 0) is 12.8 Å². The van der Waals surface area contributed by atoms with Gasteiger partial charge in [0.15, 0.2) is 0 Å². The quantitative estimate of drug-likeness (QED) is 0.872. The van der Waals surface area contributed by atoms with Crippen molar-refractivity contribution in [3.05, 3.63) is 70.0 Å². The standard InChI is InChI=1S/C17H19ClFN/c1-12-5-3-4-6-14(12)11-15(20-2)9-13-7-8-16(18)17(19)10-13/h3-8,10,15,20H,9,11H2,1-2H3. The zero-order valence-electron chi connectivity index (χ0n) is 11.8. The summed E-state index contributed by atoms with van der Waals surface area (Å²) < 4.78 is 13.5. The first-order chi connectivity index (χ1) is 9.60. The summed E-state index contributed by atoms with van der Waals surface area (Å²) in [6, 6.07) is 13.6. The second-order valence-corrected chi connectivity index (χ2v) is 5.48. The van der Waals surface area contributed by atoms with Crippen LogP contribution in [0.25, 0.3) is 0 Å². The zero-order valence-corrected chi connectivity index (χ0v) is 12.5. The highest BCUT2D eigenvalue weighted by atomic mass is 35.5. The van der Waals surface area contributed by atoms with Crippen LogP contribution in [0.15, 0.2) is 42.5 Å². The van der Waals surface area contributed by atoms with E-state index in [1.807, 2.05) is 19.2 Å². The van der Waals surface area contributed by atoms with Crippen LogP contribution in [0.1, 0.15) is 16.7 Å². The van der Waals surface area contributed by atoms with E-state index >= 15 is 0 Å². The van der Waals surface area contributed by atoms with E-state index in [0.717, 1.165) is 18.4 Å². The van der Waals surface area contributed by atoms with Crippen molar-refractivity contribution in [2.75, 3.05) is 7.05 Å². The van der Waals surface area contributed by atoms with Crippen LogP contribution in [0.3, 0.4) is 0 Å². The smallest absolute Gasteiger partial charge is 0.142 e. The highest BCUT2D eigenvalue weighted by molar-refractivity contribution is 6.30. The third kappa shape index (κ3) is 3.81. The first-order valence-electron chi connectivity index (χ1n) is 6.76. The Balaban J connectivity index is 2.09. The number of halogens is 2. The summed E-state index contributed by atoms with van der Waals surface area (Å²) in [6.07, 6.45) is 1.70. The van der Waals surface area contributed by atoms with E-state index in [9.17, 15) is 4.39 Å². The predicted octanol–water partition coefficient (Wildman–Crippen LogP) is 4.16. The summed E-state index contributed by atoms with van der Waals surface area (Å²) in [4.78, 5) is 0. The number of likely N-dealkylation sites (N-methyl/N-ethyl adjacent to an activating group) is 1. The van der Waals surface area contributed by atoms with Gasteiger partial charge in [0.05, 0.1) is 5.02 Å². The largest absolute Gasteiger partial charge is 0.316 e. The number of hydrogen-bond acceptors (Lipinski definition) is 1. The van der Waals surface area contributed by atoms with E-state index in [1.54, 1.807) is 6.07 Å². The van der Waals surface area contributed by atoms with Crippen LogP contribution < -0.4 is 5.32 Å². The topological polar surface area (TPSA) is 12.0 Å². The Kier molecular flexibility index (Phi) is 5.16. The van der Waals surface area contributed by atoms with E-state index in [1.165, 1.54) is 17.2 Å². The Hall–Kier alpha value is -1.38. The molecule has 2 aromatic rings. The van der Waals surface area contributed by atoms with Crippen molar-refractivity contribution in [1.29, 1.82) is 0 Å². The minimum atomic E-state index is -0.352. The maximum Gasteiger partial charge on any atom is 0.142 e. The third-order valence-corrected chi connectivity index (χ3v) is 3.91. The molecule has 2 aromatic carbocycles. The Morgan fingerprint density at radius 3 is 2.55 bits per heavy atom. The normalized spacial score (nSPS) is 12.4. The van der Waals surface area contributed by atoms with E-state index in [4.69, 9.17) is 11.6 Å². The monoisotopic (exact) mass is 291 g/mol. The maximum atomic E-state index is 13.5. The van der Waals surface area contributed by atoms with Crippen molar-refractivity contribution in [2.24, 2.45) is 0 Å². The Labute approximate surface area is 124 Å². The number of hydrogen-bond donors (Lipinski definition) is 1. The van der Waals surface area contributed by atoms with Gasteiger partial charge < -0.3 is 5.32 Å². The summed E-state index contributed by atoms with van der Waals surface area (Å²) in [5.41, 5.74) is 3.57. The molecular weight excluding hydrogens is 273 g/mol. The Morgan fingerprint density at radius 1 is 1.15 bits per heavy atom. The Bertz CT molecular complexity index is 583. The van der Waals surface area contributed by atoms with Gasteiger partial charge in [0.2, 0.25) is 0 Å². The molecule has 0 saturated carbocycles. The van der Waals surface area contributed by atoms with Crippen molar-refractivity contribution in [3.8, 4) is 0 Å². The van der Waals surface area contributed by atoms with Gasteiger partial charge >= 0.3 is 0 Å². The van der Waals surface area contributed by atoms with Gasteiger partial charge in [-0.15, -0.1) is 0 Å². The lowest BCUT2D eigenvalue weighted by Gasteiger charge is -2.18. The molecular formula is C17H19ClFN. The summed E-state index contributed by atoms with van der Waals surface area (Å²) in [7, 11) is 1.94. The molecule has 0 heterocycles. The van der Waals surface area contributed by atoms with Crippen molar-refractivity contribution in [3.63, 3.8) is 0 Å². The predicted molar refractivity (Wildman–Crippen MR) is 82.8 cm³/mol. The highest BCUT2D eigenvalue weighted by Crippen LogP contribution is 2.18. The van der Waals surface area contributed by atoms with E-state index < -0.39 is 0 Å². The summed E-state index contributed by atoms with van der Waals surface area (Å²) >= 11 is 5.71. The van der Waals surface area contributed by atoms with Gasteiger partial charge in [0.1, 0.15) is 5.82 Å². The molecule has 1 N–H and O–H groups in total. The van der Waals surface area contributed by atoms with Crippen molar-refractivity contribution in [2.45, 2.75) is 25.8 Å². The molecule has 0 spiro atoms. The number of rotatable bonds is 5. The SMILES string of the molecule is CNC(Cc1ccc(Cl)c(F)c1)Cc1ccccc1C. The van der Waals surface area contributed by atoms with Crippen molar-refractivity contribution < 1.29 is 4.39 Å². The molecule has 1 atom stereocenters. The number of benzene rings is 2. The minimum Gasteiger partial charge on any atom is -0.316 e. The highest BCUT2D eigenvalue weighted by Gasteiger charge is 2.11. The molecule has 1 unspecified atom stereocenters. The second kappa shape index (κ2) is 6.87. The van der Waals surface area contributed by atoms with Crippen molar-refractivity contribution in [1.82, 2.24) is 5.32 Å². The fourth-order valence-electron chi connectivity index (χ4n) is 2.33. The summed E-state index contributed by atoms with van der Waals surface area (Å²) in [5, 5.41) is 3.48. The number of aryl methyl sites for hydroxylation is 1. The average Bonchev–Trinajstić information content (AvgIpc) is 2.44. The molecule has 0 radical (unpaired) electrons. The molecule has 0 fully saturated rings. The lowest BCUT2D eigenvalue weighted by molar-refractivity contribution is 0.552. The van der Waals surface area contributed by atoms with Crippen LogP contribution in [0.5, 0.6) is 0 Å². The molecule has 0 aliphatic heterocycles. The second-order valence-electron chi connectivity index (χ2n) is 5.07. The molecule has 0 aliphatic rings. The lowest BCUT2D eigenvalue weighted by atomic mass is 9.96. The van der Waals surface area contributed by atoms with Gasteiger partial charge in [0, 0.05) is 6.04 Å². The maximum absolute atomic E-state index is 13.5. The fraction of sp³-hybridized carbons (Fsp3) is 0.294. The van der Waals surface area contributed by atoms with E-state index in [0.29, 0.717) is 0 Å². The van der Waals surface area contributed by atoms with Crippen LogP contribution >= 0.6 is 11.6 Å². The van der Waals surface area contributed by atoms with Gasteiger partial charge in [-0.05, 0) is 55.6 Å². The van der Waals surface area contributed by atoms with Gasteiger partial charge in [-0.1, -0.05) is 41.9 Å². The van der Waals surface area contributed by atoms with Crippen molar-refractivity contribution >= 4 is 11.6 Å². The molecule has 0 amide bonds. The molecule has 2 rings (SSSR count). The summed E-state index contributed by atoms with van der Waals surface area (Å²) in [6.45, 7) is 2.12. The van der Waals surface area contributed by atoms with Crippen LogP contribution in [0, 0.1) is 12.7 Å². The molecule has 0 bridgehead atoms. The first kappa shape index (κ1) is 15.0. The lowest BCUT2D eigenvalue weighted by Crippen LogP contribution is -2.30. The number of nitrogens with one attached hydrogen (secondary N) is 1. The molecule has 1 nitrogen and oxygen atoms in total. The molecule has 20 heavy (non-hydrogen) atoms. The third-order valence-electron chi connectivity index (χ3n) is 3.60. The Morgan fingerprint density at radius 2 is 1.90 bits per heavy atom. The molecule has 106 valence electrons.